The fourth-order valence-corrected chi connectivity index (χ4v) is 3.94. The van der Waals surface area contributed by atoms with Gasteiger partial charge in [-0.1, -0.05) is 29.3 Å². The minimum Gasteiger partial charge on any atom is -0.494 e. The van der Waals surface area contributed by atoms with Crippen LogP contribution in [0.15, 0.2) is 41.3 Å². The number of sulfonamides is 1. The Hall–Kier alpha value is -1.80. The van der Waals surface area contributed by atoms with Crippen LogP contribution in [0.5, 0.6) is 5.75 Å². The number of carbonyl (C=O) groups excluding carboxylic acids is 1. The molecule has 146 valence electrons. The zero-order valence-electron chi connectivity index (χ0n) is 15.0. The van der Waals surface area contributed by atoms with Gasteiger partial charge in [0.15, 0.2) is 0 Å². The van der Waals surface area contributed by atoms with Gasteiger partial charge in [0.1, 0.15) is 5.75 Å². The Balaban J connectivity index is 2.13. The Morgan fingerprint density at radius 3 is 2.56 bits per heavy atom. The van der Waals surface area contributed by atoms with Crippen LogP contribution in [0.4, 0.5) is 5.69 Å². The summed E-state index contributed by atoms with van der Waals surface area (Å²) in [4.78, 5) is 12.4. The van der Waals surface area contributed by atoms with Gasteiger partial charge in [0.25, 0.3) is 0 Å². The average Bonchev–Trinajstić information content (AvgIpc) is 2.60. The Morgan fingerprint density at radius 2 is 1.93 bits per heavy atom. The molecule has 2 aromatic carbocycles. The van der Waals surface area contributed by atoms with E-state index in [0.29, 0.717) is 23.6 Å². The van der Waals surface area contributed by atoms with E-state index < -0.39 is 22.0 Å². The predicted molar refractivity (Wildman–Crippen MR) is 107 cm³/mol. The van der Waals surface area contributed by atoms with Crippen LogP contribution < -0.4 is 14.8 Å². The molecule has 0 radical (unpaired) electrons. The minimum atomic E-state index is -3.89. The molecule has 0 aliphatic rings. The van der Waals surface area contributed by atoms with Crippen LogP contribution in [0, 0.1) is 6.92 Å². The second-order valence-electron chi connectivity index (χ2n) is 5.79. The minimum absolute atomic E-state index is 0.0453. The molecule has 0 fully saturated rings. The van der Waals surface area contributed by atoms with E-state index in [-0.39, 0.29) is 14.9 Å². The predicted octanol–water partition coefficient (Wildman–Crippen LogP) is 4.01. The number of amides is 1. The van der Waals surface area contributed by atoms with Gasteiger partial charge in [-0.15, -0.1) is 0 Å². The van der Waals surface area contributed by atoms with Crippen molar-refractivity contribution >= 4 is 44.8 Å². The molecule has 0 spiro atoms. The molecule has 0 bridgehead atoms. The van der Waals surface area contributed by atoms with Crippen LogP contribution in [0.1, 0.15) is 19.4 Å². The van der Waals surface area contributed by atoms with Gasteiger partial charge in [-0.05, 0) is 56.7 Å². The molecule has 2 aromatic rings. The third-order valence-corrected chi connectivity index (χ3v) is 6.05. The average molecular weight is 431 g/mol. The van der Waals surface area contributed by atoms with E-state index in [0.717, 1.165) is 0 Å². The molecule has 0 aliphatic heterocycles. The topological polar surface area (TPSA) is 84.5 Å². The van der Waals surface area contributed by atoms with Gasteiger partial charge in [-0.25, -0.2) is 8.42 Å². The number of ether oxygens (including phenoxy) is 1. The molecule has 27 heavy (non-hydrogen) atoms. The van der Waals surface area contributed by atoms with Crippen molar-refractivity contribution in [3.05, 3.63) is 52.0 Å². The molecule has 0 aromatic heterocycles. The Morgan fingerprint density at radius 1 is 1.22 bits per heavy atom. The summed E-state index contributed by atoms with van der Waals surface area (Å²) in [5.74, 6) is 0.0447. The molecule has 0 saturated carbocycles. The number of carbonyl (C=O) groups is 1. The van der Waals surface area contributed by atoms with Crippen molar-refractivity contribution < 1.29 is 17.9 Å². The largest absolute Gasteiger partial charge is 0.494 e. The maximum atomic E-state index is 12.6. The third kappa shape index (κ3) is 5.35. The third-order valence-electron chi connectivity index (χ3n) is 3.69. The number of benzene rings is 2. The van der Waals surface area contributed by atoms with Crippen LogP contribution in [-0.2, 0) is 14.8 Å². The normalized spacial score (nSPS) is 12.5. The molecule has 0 saturated heterocycles. The summed E-state index contributed by atoms with van der Waals surface area (Å²) in [6.07, 6.45) is 0. The van der Waals surface area contributed by atoms with E-state index in [2.05, 4.69) is 10.0 Å². The first kappa shape index (κ1) is 21.5. The van der Waals surface area contributed by atoms with Crippen LogP contribution in [0.3, 0.4) is 0 Å². The molecular formula is C18H20Cl2N2O4S. The molecule has 0 unspecified atom stereocenters. The highest BCUT2D eigenvalue weighted by atomic mass is 35.5. The monoisotopic (exact) mass is 430 g/mol. The van der Waals surface area contributed by atoms with Gasteiger partial charge in [-0.2, -0.15) is 4.72 Å². The second-order valence-corrected chi connectivity index (χ2v) is 8.29. The first-order valence-corrected chi connectivity index (χ1v) is 10.4. The van der Waals surface area contributed by atoms with Crippen LogP contribution >= 0.6 is 23.2 Å². The fourth-order valence-electron chi connectivity index (χ4n) is 2.30. The summed E-state index contributed by atoms with van der Waals surface area (Å²) in [5.41, 5.74) is 0.986. The smallest absolute Gasteiger partial charge is 0.242 e. The number of rotatable bonds is 7. The van der Waals surface area contributed by atoms with E-state index in [1.165, 1.54) is 19.1 Å². The number of halogens is 2. The highest BCUT2D eigenvalue weighted by Crippen LogP contribution is 2.29. The Labute approximate surface area is 168 Å². The van der Waals surface area contributed by atoms with Crippen LogP contribution in [0.2, 0.25) is 10.0 Å². The summed E-state index contributed by atoms with van der Waals surface area (Å²) < 4.78 is 32.9. The molecule has 1 amide bonds. The van der Waals surface area contributed by atoms with E-state index in [1.807, 2.05) is 6.92 Å². The summed E-state index contributed by atoms with van der Waals surface area (Å²) in [5, 5.41) is 3.03. The van der Waals surface area contributed by atoms with Crippen LogP contribution in [-0.4, -0.2) is 27.0 Å². The van der Waals surface area contributed by atoms with Gasteiger partial charge in [-0.3, -0.25) is 4.79 Å². The highest BCUT2D eigenvalue weighted by Gasteiger charge is 2.23. The fraction of sp³-hybridized carbons (Fsp3) is 0.278. The maximum Gasteiger partial charge on any atom is 0.242 e. The number of hydrogen-bond donors (Lipinski definition) is 2. The lowest BCUT2D eigenvalue weighted by molar-refractivity contribution is -0.117. The molecule has 1 atom stereocenters. The molecule has 6 nitrogen and oxygen atoms in total. The van der Waals surface area contributed by atoms with Crippen molar-refractivity contribution in [1.82, 2.24) is 4.72 Å². The maximum absolute atomic E-state index is 12.6. The lowest BCUT2D eigenvalue weighted by Gasteiger charge is -2.16. The van der Waals surface area contributed by atoms with Gasteiger partial charge in [0, 0.05) is 0 Å². The van der Waals surface area contributed by atoms with E-state index in [9.17, 15) is 13.2 Å². The first-order valence-electron chi connectivity index (χ1n) is 8.16. The number of hydrogen-bond acceptors (Lipinski definition) is 4. The number of nitrogens with one attached hydrogen (secondary N) is 2. The lowest BCUT2D eigenvalue weighted by Crippen LogP contribution is -2.41. The van der Waals surface area contributed by atoms with Crippen molar-refractivity contribution in [2.24, 2.45) is 0 Å². The van der Waals surface area contributed by atoms with Crippen molar-refractivity contribution in [3.63, 3.8) is 0 Å². The van der Waals surface area contributed by atoms with Crippen LogP contribution in [0.25, 0.3) is 0 Å². The molecule has 0 aliphatic carbocycles. The molecule has 9 heteroatoms. The van der Waals surface area contributed by atoms with Gasteiger partial charge < -0.3 is 10.1 Å². The Bertz CT molecular complexity index is 948. The lowest BCUT2D eigenvalue weighted by atomic mass is 10.2. The zero-order chi connectivity index (χ0) is 20.2. The van der Waals surface area contributed by atoms with Crippen molar-refractivity contribution in [3.8, 4) is 5.75 Å². The molecule has 0 heterocycles. The van der Waals surface area contributed by atoms with Gasteiger partial charge in [0.05, 0.1) is 33.3 Å². The molecule has 2 rings (SSSR count). The summed E-state index contributed by atoms with van der Waals surface area (Å²) in [6.45, 7) is 5.51. The van der Waals surface area contributed by atoms with Gasteiger partial charge >= 0.3 is 0 Å². The number of aryl methyl sites for hydroxylation is 1. The van der Waals surface area contributed by atoms with E-state index in [1.54, 1.807) is 31.2 Å². The van der Waals surface area contributed by atoms with E-state index >= 15 is 0 Å². The van der Waals surface area contributed by atoms with Crippen molar-refractivity contribution in [2.45, 2.75) is 31.7 Å². The zero-order valence-corrected chi connectivity index (χ0v) is 17.4. The van der Waals surface area contributed by atoms with Gasteiger partial charge in [0.2, 0.25) is 15.9 Å². The molecule has 2 N–H and O–H groups in total. The van der Waals surface area contributed by atoms with Crippen molar-refractivity contribution in [2.75, 3.05) is 11.9 Å². The number of anilines is 1. The summed E-state index contributed by atoms with van der Waals surface area (Å²) >= 11 is 11.9. The summed E-state index contributed by atoms with van der Waals surface area (Å²) in [6, 6.07) is 8.26. The quantitative estimate of drug-likeness (QED) is 0.694. The SMILES string of the molecule is CCOc1ccc(S(=O)(=O)N[C@@H](C)C(=O)Nc2cccc(Cl)c2Cl)cc1C. The Kier molecular flexibility index (Phi) is 7.11. The highest BCUT2D eigenvalue weighted by molar-refractivity contribution is 7.89. The standard InChI is InChI=1S/C18H20Cl2N2O4S/c1-4-26-16-9-8-13(10-11(16)2)27(24,25)22-12(3)18(23)21-15-7-5-6-14(19)17(15)20/h5-10,12,22H,4H2,1-3H3,(H,21,23)/t12-/m0/s1. The van der Waals surface area contributed by atoms with E-state index in [4.69, 9.17) is 27.9 Å². The van der Waals surface area contributed by atoms with Crippen molar-refractivity contribution in [1.29, 1.82) is 0 Å². The summed E-state index contributed by atoms with van der Waals surface area (Å²) in [7, 11) is -3.89. The molecular weight excluding hydrogens is 411 g/mol. The first-order chi connectivity index (χ1) is 12.7. The second kappa shape index (κ2) is 8.93.